The summed E-state index contributed by atoms with van der Waals surface area (Å²) < 4.78 is 3.72. The highest BCUT2D eigenvalue weighted by Crippen LogP contribution is 2.53. The van der Waals surface area contributed by atoms with Crippen LogP contribution < -0.4 is 11.0 Å². The molecule has 2 bridgehead atoms. The summed E-state index contributed by atoms with van der Waals surface area (Å²) in [5.41, 5.74) is 0.386. The van der Waals surface area contributed by atoms with Gasteiger partial charge >= 0.3 is 5.69 Å². The second kappa shape index (κ2) is 6.83. The fourth-order valence-corrected chi connectivity index (χ4v) is 5.69. The van der Waals surface area contributed by atoms with Crippen molar-refractivity contribution in [2.75, 3.05) is 5.32 Å². The Morgan fingerprint density at radius 2 is 1.83 bits per heavy atom. The molecule has 0 amide bonds. The lowest BCUT2D eigenvalue weighted by atomic mass is 9.58. The van der Waals surface area contributed by atoms with Gasteiger partial charge < -0.3 is 10.4 Å². The maximum absolute atomic E-state index is 13.3. The van der Waals surface area contributed by atoms with E-state index in [-0.39, 0.29) is 11.1 Å². The summed E-state index contributed by atoms with van der Waals surface area (Å²) >= 11 is 0. The van der Waals surface area contributed by atoms with Crippen LogP contribution in [0.15, 0.2) is 4.79 Å². The molecule has 0 unspecified atom stereocenters. The Hall–Kier alpha value is -1.89. The number of hydrogen-bond acceptors (Lipinski definition) is 5. The molecule has 6 aliphatic rings. The number of imidazole rings is 1. The Bertz CT molecular complexity index is 921. The summed E-state index contributed by atoms with van der Waals surface area (Å²) in [4.78, 5) is 23.3. The fraction of sp³-hybridized carbons (Fsp3) is 0.773. The van der Waals surface area contributed by atoms with Gasteiger partial charge in [0.15, 0.2) is 5.82 Å². The highest BCUT2D eigenvalue weighted by atomic mass is 16.3. The van der Waals surface area contributed by atoms with Crippen molar-refractivity contribution in [3.63, 3.8) is 0 Å². The second-order valence-electron chi connectivity index (χ2n) is 9.60. The van der Waals surface area contributed by atoms with Gasteiger partial charge in [-0.3, -0.25) is 9.13 Å². The molecule has 0 saturated heterocycles. The van der Waals surface area contributed by atoms with E-state index in [2.05, 4.69) is 19.2 Å². The molecule has 0 spiro atoms. The lowest BCUT2D eigenvalue weighted by molar-refractivity contribution is -0.0677. The van der Waals surface area contributed by atoms with Gasteiger partial charge in [0.2, 0.25) is 0 Å². The summed E-state index contributed by atoms with van der Waals surface area (Å²) in [6, 6.07) is 0.293. The maximum Gasteiger partial charge on any atom is 0.331 e. The number of hydrogen-bond donors (Lipinski definition) is 2. The molecule has 2 N–H and O–H groups in total. The molecule has 29 heavy (non-hydrogen) atoms. The van der Waals surface area contributed by atoms with E-state index >= 15 is 0 Å². The molecule has 3 saturated carbocycles. The molecule has 158 valence electrons. The number of fused-ring (bicyclic) bond motifs is 6. The molecule has 3 heterocycles. The highest BCUT2D eigenvalue weighted by molar-refractivity contribution is 5.70. The average Bonchev–Trinajstić information content (AvgIpc) is 3.35. The molecule has 0 aromatic heterocycles. The zero-order chi connectivity index (χ0) is 20.2. The van der Waals surface area contributed by atoms with Gasteiger partial charge in [-0.1, -0.05) is 26.7 Å². The van der Waals surface area contributed by atoms with Crippen molar-refractivity contribution >= 4 is 5.82 Å². The van der Waals surface area contributed by atoms with E-state index in [1.807, 2.05) is 9.13 Å². The van der Waals surface area contributed by atoms with E-state index < -0.39 is 5.60 Å². The van der Waals surface area contributed by atoms with E-state index in [9.17, 15) is 9.90 Å². The zero-order valence-corrected chi connectivity index (χ0v) is 17.7. The monoisotopic (exact) mass is 399 g/mol. The van der Waals surface area contributed by atoms with E-state index in [0.717, 1.165) is 87.4 Å². The lowest BCUT2D eigenvalue weighted by Gasteiger charge is -2.49. The Labute approximate surface area is 171 Å². The largest absolute Gasteiger partial charge is 0.390 e. The van der Waals surface area contributed by atoms with Crippen LogP contribution in [0.3, 0.4) is 0 Å². The SMILES string of the molecule is CCCC[C@@H]1Cn2c(c3nc(C45CCC(O)(CC4)CC5)nc-3n(CCC)c2=O)N1. The van der Waals surface area contributed by atoms with Crippen molar-refractivity contribution in [1.82, 2.24) is 19.1 Å². The third-order valence-electron chi connectivity index (χ3n) is 7.63. The highest BCUT2D eigenvalue weighted by Gasteiger charge is 2.51. The number of nitrogens with one attached hydrogen (secondary N) is 1. The van der Waals surface area contributed by atoms with Crippen LogP contribution in [-0.2, 0) is 18.5 Å². The fourth-order valence-electron chi connectivity index (χ4n) is 5.69. The van der Waals surface area contributed by atoms with Gasteiger partial charge in [-0.2, -0.15) is 0 Å². The Balaban J connectivity index is 1.59. The van der Waals surface area contributed by atoms with Crippen molar-refractivity contribution in [2.45, 2.75) is 108 Å². The number of aliphatic hydroxyl groups is 1. The first-order valence-electron chi connectivity index (χ1n) is 11.5. The minimum Gasteiger partial charge on any atom is -0.390 e. The second-order valence-corrected chi connectivity index (χ2v) is 9.60. The molecule has 1 atom stereocenters. The van der Waals surface area contributed by atoms with Gasteiger partial charge in [0, 0.05) is 24.5 Å². The van der Waals surface area contributed by atoms with Crippen LogP contribution in [0.5, 0.6) is 0 Å². The summed E-state index contributed by atoms with van der Waals surface area (Å²) in [7, 11) is 0. The third-order valence-corrected chi connectivity index (χ3v) is 7.63. The summed E-state index contributed by atoms with van der Waals surface area (Å²) in [5.74, 6) is 2.49. The number of nitrogens with zero attached hydrogens (tertiary/aromatic N) is 4. The first-order valence-corrected chi connectivity index (χ1v) is 11.5. The normalized spacial score (nSPS) is 30.7. The topological polar surface area (TPSA) is 85.0 Å². The third kappa shape index (κ3) is 2.92. The van der Waals surface area contributed by atoms with Crippen LogP contribution >= 0.6 is 0 Å². The maximum atomic E-state index is 13.3. The molecule has 3 aliphatic carbocycles. The van der Waals surface area contributed by atoms with Crippen LogP contribution in [0.25, 0.3) is 11.5 Å². The molecule has 0 radical (unpaired) electrons. The lowest BCUT2D eigenvalue weighted by Crippen LogP contribution is -2.48. The first-order chi connectivity index (χ1) is 14.0. The molecule has 7 nitrogen and oxygen atoms in total. The van der Waals surface area contributed by atoms with Crippen molar-refractivity contribution in [2.24, 2.45) is 0 Å². The molecule has 0 aromatic carbocycles. The number of anilines is 1. The standard InChI is InChI=1S/C22H33N5O2/c1-3-5-6-15-14-27-17(23-15)16-18(26(13-4-2)20(27)28)25-19(24-16)21-7-10-22(29,11-8-21)12-9-21/h15,23,29H,3-14H2,1-2H3/t15-,21?,22?/m1/s1. The Kier molecular flexibility index (Phi) is 4.49. The zero-order valence-electron chi connectivity index (χ0n) is 17.7. The van der Waals surface area contributed by atoms with Crippen LogP contribution in [0.4, 0.5) is 5.82 Å². The van der Waals surface area contributed by atoms with Crippen molar-refractivity contribution in [3.8, 4) is 11.5 Å². The van der Waals surface area contributed by atoms with Crippen molar-refractivity contribution < 1.29 is 5.11 Å². The van der Waals surface area contributed by atoms with Crippen LogP contribution in [0.2, 0.25) is 0 Å². The minimum atomic E-state index is -0.469. The van der Waals surface area contributed by atoms with E-state index in [4.69, 9.17) is 9.97 Å². The average molecular weight is 400 g/mol. The van der Waals surface area contributed by atoms with Crippen LogP contribution in [0, 0.1) is 0 Å². The predicted molar refractivity (Wildman–Crippen MR) is 112 cm³/mol. The number of unbranched alkanes of at least 4 members (excludes halogenated alkanes) is 1. The summed E-state index contributed by atoms with van der Waals surface area (Å²) in [5, 5.41) is 14.2. The minimum absolute atomic E-state index is 0.0334. The number of aromatic nitrogens is 4. The van der Waals surface area contributed by atoms with Gasteiger partial charge in [0.05, 0.1) is 5.60 Å². The molecule has 0 aromatic rings. The van der Waals surface area contributed by atoms with Crippen LogP contribution in [0.1, 0.15) is 83.9 Å². The molecule has 6 rings (SSSR count). The van der Waals surface area contributed by atoms with Gasteiger partial charge in [-0.15, -0.1) is 0 Å². The van der Waals surface area contributed by atoms with E-state index in [0.29, 0.717) is 19.1 Å². The smallest absolute Gasteiger partial charge is 0.331 e. The molecular weight excluding hydrogens is 366 g/mol. The summed E-state index contributed by atoms with van der Waals surface area (Å²) in [6.07, 6.45) is 9.61. The molecule has 3 aliphatic heterocycles. The van der Waals surface area contributed by atoms with Gasteiger partial charge in [0.25, 0.3) is 0 Å². The quantitative estimate of drug-likeness (QED) is 0.779. The molecule has 3 fully saturated rings. The van der Waals surface area contributed by atoms with E-state index in [1.165, 1.54) is 0 Å². The Morgan fingerprint density at radius 1 is 1.10 bits per heavy atom. The molecular formula is C22H33N5O2. The van der Waals surface area contributed by atoms with E-state index in [1.54, 1.807) is 0 Å². The summed E-state index contributed by atoms with van der Waals surface area (Å²) in [6.45, 7) is 5.68. The van der Waals surface area contributed by atoms with Crippen molar-refractivity contribution in [3.05, 3.63) is 16.3 Å². The van der Waals surface area contributed by atoms with Gasteiger partial charge in [0.1, 0.15) is 17.3 Å². The van der Waals surface area contributed by atoms with Gasteiger partial charge in [-0.05, 0) is 51.4 Å². The first kappa shape index (κ1) is 19.1. The number of rotatable bonds is 6. The predicted octanol–water partition coefficient (Wildman–Crippen LogP) is 3.28. The molecule has 7 heteroatoms. The van der Waals surface area contributed by atoms with Crippen LogP contribution in [-0.4, -0.2) is 35.9 Å². The Morgan fingerprint density at radius 3 is 2.48 bits per heavy atom. The van der Waals surface area contributed by atoms with Crippen molar-refractivity contribution in [1.29, 1.82) is 0 Å². The van der Waals surface area contributed by atoms with Gasteiger partial charge in [-0.25, -0.2) is 14.8 Å².